The lowest BCUT2D eigenvalue weighted by Crippen LogP contribution is -2.27. The maximum absolute atomic E-state index is 13.2. The largest absolute Gasteiger partial charge is 0.382 e. The molecule has 104 valence electrons. The van der Waals surface area contributed by atoms with E-state index in [9.17, 15) is 8.78 Å². The molecule has 1 aliphatic carbocycles. The van der Waals surface area contributed by atoms with Gasteiger partial charge in [0.2, 0.25) is 0 Å². The molecule has 1 N–H and O–H groups in total. The molecule has 0 aromatic heterocycles. The third-order valence-electron chi connectivity index (χ3n) is 3.63. The highest BCUT2D eigenvalue weighted by atomic mass is 79.9. The molecule has 4 heteroatoms. The van der Waals surface area contributed by atoms with Crippen molar-refractivity contribution in [1.29, 1.82) is 0 Å². The van der Waals surface area contributed by atoms with E-state index in [-0.39, 0.29) is 6.04 Å². The Bertz CT molecular complexity index is 622. The summed E-state index contributed by atoms with van der Waals surface area (Å²) in [5.74, 6) is -1.10. The van der Waals surface area contributed by atoms with E-state index in [0.717, 1.165) is 29.8 Å². The van der Waals surface area contributed by atoms with Gasteiger partial charge in [-0.3, -0.25) is 0 Å². The summed E-state index contributed by atoms with van der Waals surface area (Å²) >= 11 is 3.48. The lowest BCUT2D eigenvalue weighted by Gasteiger charge is -2.26. The molecule has 1 aliphatic rings. The Morgan fingerprint density at radius 2 is 1.75 bits per heavy atom. The van der Waals surface area contributed by atoms with Crippen molar-refractivity contribution < 1.29 is 8.78 Å². The van der Waals surface area contributed by atoms with Crippen LogP contribution in [0.2, 0.25) is 0 Å². The third-order valence-corrected chi connectivity index (χ3v) is 4.12. The van der Waals surface area contributed by atoms with Crippen LogP contribution >= 0.6 is 15.9 Å². The van der Waals surface area contributed by atoms with E-state index in [1.165, 1.54) is 23.3 Å². The smallest absolute Gasteiger partial charge is 0.128 e. The molecule has 3 rings (SSSR count). The zero-order chi connectivity index (χ0) is 14.1. The van der Waals surface area contributed by atoms with E-state index in [2.05, 4.69) is 33.4 Å². The van der Waals surface area contributed by atoms with Crippen LogP contribution in [0.15, 0.2) is 40.9 Å². The fourth-order valence-corrected chi connectivity index (χ4v) is 3.13. The van der Waals surface area contributed by atoms with Gasteiger partial charge in [-0.2, -0.15) is 0 Å². The van der Waals surface area contributed by atoms with E-state index < -0.39 is 11.6 Å². The molecule has 0 amide bonds. The molecule has 20 heavy (non-hydrogen) atoms. The molecule has 0 bridgehead atoms. The fraction of sp³-hybridized carbons (Fsp3) is 0.250. The highest BCUT2D eigenvalue weighted by Gasteiger charge is 2.18. The predicted octanol–water partition coefficient (Wildman–Crippen LogP) is 4.70. The summed E-state index contributed by atoms with van der Waals surface area (Å²) in [7, 11) is 0. The van der Waals surface area contributed by atoms with Crippen LogP contribution in [0.4, 0.5) is 14.5 Å². The van der Waals surface area contributed by atoms with E-state index in [1.54, 1.807) is 0 Å². The molecule has 0 saturated heterocycles. The van der Waals surface area contributed by atoms with E-state index in [0.29, 0.717) is 5.69 Å². The van der Waals surface area contributed by atoms with Crippen molar-refractivity contribution in [1.82, 2.24) is 0 Å². The van der Waals surface area contributed by atoms with E-state index in [1.807, 2.05) is 6.07 Å². The first kappa shape index (κ1) is 13.6. The second kappa shape index (κ2) is 5.52. The normalized spacial score (nSPS) is 17.6. The maximum Gasteiger partial charge on any atom is 0.128 e. The molecule has 0 saturated carbocycles. The number of fused-ring (bicyclic) bond motifs is 1. The van der Waals surface area contributed by atoms with Gasteiger partial charge in [0.15, 0.2) is 0 Å². The van der Waals surface area contributed by atoms with Gasteiger partial charge in [-0.15, -0.1) is 0 Å². The van der Waals surface area contributed by atoms with Gasteiger partial charge in [-0.05, 0) is 54.7 Å². The first-order chi connectivity index (χ1) is 9.60. The van der Waals surface area contributed by atoms with Crippen molar-refractivity contribution in [3.05, 3.63) is 63.6 Å². The van der Waals surface area contributed by atoms with Crippen LogP contribution in [0, 0.1) is 11.6 Å². The van der Waals surface area contributed by atoms with Crippen LogP contribution in [-0.4, -0.2) is 6.04 Å². The minimum atomic E-state index is -0.548. The summed E-state index contributed by atoms with van der Waals surface area (Å²) in [5, 5.41) is 3.23. The molecule has 0 spiro atoms. The minimum absolute atomic E-state index is 0.213. The zero-order valence-corrected chi connectivity index (χ0v) is 12.4. The number of aryl methyl sites for hydroxylation is 1. The van der Waals surface area contributed by atoms with Crippen LogP contribution in [0.25, 0.3) is 0 Å². The lowest BCUT2D eigenvalue weighted by atomic mass is 9.88. The number of nitrogens with one attached hydrogen (secondary N) is 1. The maximum atomic E-state index is 13.2. The average molecular weight is 338 g/mol. The van der Waals surface area contributed by atoms with Crippen molar-refractivity contribution in [3.63, 3.8) is 0 Å². The molecule has 0 heterocycles. The van der Waals surface area contributed by atoms with Crippen LogP contribution in [0.3, 0.4) is 0 Å². The Balaban J connectivity index is 1.75. The summed E-state index contributed by atoms with van der Waals surface area (Å²) < 4.78 is 27.5. The predicted molar refractivity (Wildman–Crippen MR) is 79.9 cm³/mol. The van der Waals surface area contributed by atoms with Crippen molar-refractivity contribution in [2.75, 3.05) is 5.32 Å². The number of halogens is 3. The number of hydrogen-bond acceptors (Lipinski definition) is 1. The number of hydrogen-bond donors (Lipinski definition) is 1. The molecule has 0 fully saturated rings. The first-order valence-corrected chi connectivity index (χ1v) is 7.39. The van der Waals surface area contributed by atoms with Gasteiger partial charge >= 0.3 is 0 Å². The topological polar surface area (TPSA) is 12.0 Å². The highest BCUT2D eigenvalue weighted by molar-refractivity contribution is 9.10. The summed E-state index contributed by atoms with van der Waals surface area (Å²) in [6, 6.07) is 10.1. The average Bonchev–Trinajstić information content (AvgIpc) is 2.38. The molecule has 2 aromatic rings. The Morgan fingerprint density at radius 3 is 2.50 bits per heavy atom. The van der Waals surface area contributed by atoms with Crippen molar-refractivity contribution in [2.24, 2.45) is 0 Å². The summed E-state index contributed by atoms with van der Waals surface area (Å²) in [6.45, 7) is 0. The van der Waals surface area contributed by atoms with Gasteiger partial charge in [0, 0.05) is 22.3 Å². The van der Waals surface area contributed by atoms with Crippen LogP contribution in [0.5, 0.6) is 0 Å². The van der Waals surface area contributed by atoms with Crippen molar-refractivity contribution in [3.8, 4) is 0 Å². The zero-order valence-electron chi connectivity index (χ0n) is 10.8. The molecular weight excluding hydrogens is 324 g/mol. The monoisotopic (exact) mass is 337 g/mol. The van der Waals surface area contributed by atoms with Crippen molar-refractivity contribution >= 4 is 21.6 Å². The minimum Gasteiger partial charge on any atom is -0.382 e. The first-order valence-electron chi connectivity index (χ1n) is 6.60. The fourth-order valence-electron chi connectivity index (χ4n) is 2.72. The second-order valence-corrected chi connectivity index (χ2v) is 6.07. The molecule has 0 aliphatic heterocycles. The Morgan fingerprint density at radius 1 is 1.00 bits per heavy atom. The Kier molecular flexibility index (Phi) is 3.74. The third kappa shape index (κ3) is 3.01. The van der Waals surface area contributed by atoms with E-state index >= 15 is 0 Å². The molecule has 1 atom stereocenters. The summed E-state index contributed by atoms with van der Waals surface area (Å²) in [6.07, 6.45) is 2.81. The number of anilines is 1. The van der Waals surface area contributed by atoms with Crippen molar-refractivity contribution in [2.45, 2.75) is 25.3 Å². The Labute approximate surface area is 125 Å². The quantitative estimate of drug-likeness (QED) is 0.837. The SMILES string of the molecule is Fc1cc(F)cc(NC2CCc3cc(Br)ccc3C2)c1. The van der Waals surface area contributed by atoms with Crippen LogP contribution in [0.1, 0.15) is 17.5 Å². The van der Waals surface area contributed by atoms with Gasteiger partial charge in [-0.25, -0.2) is 8.78 Å². The van der Waals surface area contributed by atoms with Crippen LogP contribution < -0.4 is 5.32 Å². The van der Waals surface area contributed by atoms with Gasteiger partial charge in [-0.1, -0.05) is 22.0 Å². The van der Waals surface area contributed by atoms with Gasteiger partial charge in [0.1, 0.15) is 11.6 Å². The Hall–Kier alpha value is -1.42. The summed E-state index contributed by atoms with van der Waals surface area (Å²) in [5.41, 5.74) is 3.16. The van der Waals surface area contributed by atoms with E-state index in [4.69, 9.17) is 0 Å². The molecule has 1 unspecified atom stereocenters. The second-order valence-electron chi connectivity index (χ2n) is 5.16. The van der Waals surface area contributed by atoms with Gasteiger partial charge < -0.3 is 5.32 Å². The van der Waals surface area contributed by atoms with Crippen LogP contribution in [-0.2, 0) is 12.8 Å². The highest BCUT2D eigenvalue weighted by Crippen LogP contribution is 2.26. The molecule has 2 aromatic carbocycles. The molecule has 0 radical (unpaired) electrons. The number of benzene rings is 2. The molecule has 1 nitrogen and oxygen atoms in total. The lowest BCUT2D eigenvalue weighted by molar-refractivity contribution is 0.579. The standard InChI is InChI=1S/C16H14BrF2N/c17-12-3-1-11-6-15(4-2-10(11)5-12)20-16-8-13(18)7-14(19)9-16/h1,3,5,7-9,15,20H,2,4,6H2. The van der Waals surface area contributed by atoms with Gasteiger partial charge in [0.25, 0.3) is 0 Å². The summed E-state index contributed by atoms with van der Waals surface area (Å²) in [4.78, 5) is 0. The van der Waals surface area contributed by atoms with Gasteiger partial charge in [0.05, 0.1) is 0 Å². The number of rotatable bonds is 2. The molecular formula is C16H14BrF2N.